The van der Waals surface area contributed by atoms with E-state index in [-0.39, 0.29) is 5.41 Å². The zero-order valence-electron chi connectivity index (χ0n) is 11.0. The molecule has 1 aromatic carbocycles. The Morgan fingerprint density at radius 1 is 1.06 bits per heavy atom. The zero-order chi connectivity index (χ0) is 13.2. The average Bonchev–Trinajstić information content (AvgIpc) is 2.72. The van der Waals surface area contributed by atoms with E-state index in [1.54, 1.807) is 0 Å². The summed E-state index contributed by atoms with van der Waals surface area (Å²) in [6.07, 6.45) is 0. The van der Waals surface area contributed by atoms with E-state index in [9.17, 15) is 0 Å². The number of anilines is 1. The predicted octanol–water partition coefficient (Wildman–Crippen LogP) is 4.95. The van der Waals surface area contributed by atoms with Gasteiger partial charge in [0.15, 0.2) is 4.67 Å². The van der Waals surface area contributed by atoms with Gasteiger partial charge in [0.05, 0.1) is 6.54 Å². The Hall–Kier alpha value is -1.22. The summed E-state index contributed by atoms with van der Waals surface area (Å²) in [6.45, 7) is 7.35. The van der Waals surface area contributed by atoms with Crippen LogP contribution in [0.1, 0.15) is 32.1 Å². The summed E-state index contributed by atoms with van der Waals surface area (Å²) < 4.78 is 6.20. The van der Waals surface area contributed by atoms with Gasteiger partial charge < -0.3 is 9.73 Å². The maximum Gasteiger partial charge on any atom is 0.169 e. The Labute approximate surface area is 117 Å². The standard InChI is InChI=1S/C15H18BrNO/c1-15(2,3)11-4-6-12(7-5-11)17-10-13-8-9-14(16)18-13/h4-9,17H,10H2,1-3H3. The molecule has 0 amide bonds. The van der Waals surface area contributed by atoms with E-state index in [2.05, 4.69) is 66.3 Å². The summed E-state index contributed by atoms with van der Waals surface area (Å²) in [5.41, 5.74) is 2.65. The largest absolute Gasteiger partial charge is 0.452 e. The molecule has 0 fully saturated rings. The minimum absolute atomic E-state index is 0.199. The average molecular weight is 308 g/mol. The Bertz CT molecular complexity index is 508. The first-order valence-electron chi connectivity index (χ1n) is 6.04. The number of furan rings is 1. The highest BCUT2D eigenvalue weighted by Crippen LogP contribution is 2.23. The number of nitrogens with one attached hydrogen (secondary N) is 1. The molecular formula is C15H18BrNO. The normalized spacial score (nSPS) is 11.6. The molecule has 0 saturated heterocycles. The molecule has 0 spiro atoms. The van der Waals surface area contributed by atoms with Gasteiger partial charge in [-0.1, -0.05) is 32.9 Å². The summed E-state index contributed by atoms with van der Waals surface area (Å²) in [6, 6.07) is 12.4. The van der Waals surface area contributed by atoms with Crippen LogP contribution < -0.4 is 5.32 Å². The van der Waals surface area contributed by atoms with E-state index in [4.69, 9.17) is 4.42 Å². The fourth-order valence-electron chi connectivity index (χ4n) is 1.72. The fourth-order valence-corrected chi connectivity index (χ4v) is 2.06. The van der Waals surface area contributed by atoms with Gasteiger partial charge in [-0.15, -0.1) is 0 Å². The second kappa shape index (κ2) is 5.19. The maximum atomic E-state index is 5.44. The second-order valence-corrected chi connectivity index (χ2v) is 6.17. The first kappa shape index (κ1) is 13.2. The number of hydrogen-bond acceptors (Lipinski definition) is 2. The van der Waals surface area contributed by atoms with Crippen molar-refractivity contribution in [2.24, 2.45) is 0 Å². The van der Waals surface area contributed by atoms with E-state index < -0.39 is 0 Å². The van der Waals surface area contributed by atoms with Crippen LogP contribution in [0.2, 0.25) is 0 Å². The van der Waals surface area contributed by atoms with Crippen LogP contribution in [-0.4, -0.2) is 0 Å². The third kappa shape index (κ3) is 3.39. The fraction of sp³-hybridized carbons (Fsp3) is 0.333. The molecule has 2 rings (SSSR count). The third-order valence-electron chi connectivity index (χ3n) is 2.85. The number of benzene rings is 1. The minimum atomic E-state index is 0.199. The lowest BCUT2D eigenvalue weighted by Gasteiger charge is -2.19. The minimum Gasteiger partial charge on any atom is -0.452 e. The Balaban J connectivity index is 1.98. The van der Waals surface area contributed by atoms with E-state index in [0.29, 0.717) is 6.54 Å². The summed E-state index contributed by atoms with van der Waals surface area (Å²) >= 11 is 3.30. The monoisotopic (exact) mass is 307 g/mol. The second-order valence-electron chi connectivity index (χ2n) is 5.39. The molecule has 1 N–H and O–H groups in total. The molecule has 0 atom stereocenters. The molecule has 96 valence electrons. The smallest absolute Gasteiger partial charge is 0.169 e. The molecule has 1 heterocycles. The van der Waals surface area contributed by atoms with Crippen LogP contribution >= 0.6 is 15.9 Å². The van der Waals surface area contributed by atoms with Crippen LogP contribution in [0.5, 0.6) is 0 Å². The molecule has 18 heavy (non-hydrogen) atoms. The van der Waals surface area contributed by atoms with Crippen LogP contribution in [0.15, 0.2) is 45.5 Å². The molecular weight excluding hydrogens is 290 g/mol. The summed E-state index contributed by atoms with van der Waals surface area (Å²) in [7, 11) is 0. The number of hydrogen-bond donors (Lipinski definition) is 1. The quantitative estimate of drug-likeness (QED) is 0.867. The van der Waals surface area contributed by atoms with Gasteiger partial charge in [-0.2, -0.15) is 0 Å². The van der Waals surface area contributed by atoms with Gasteiger partial charge in [-0.25, -0.2) is 0 Å². The molecule has 1 aromatic heterocycles. The molecule has 2 aromatic rings. The number of rotatable bonds is 3. The molecule has 0 aliphatic heterocycles. The van der Waals surface area contributed by atoms with Gasteiger partial charge in [0.25, 0.3) is 0 Å². The van der Waals surface area contributed by atoms with Crippen LogP contribution in [0.4, 0.5) is 5.69 Å². The van der Waals surface area contributed by atoms with Gasteiger partial charge >= 0.3 is 0 Å². The van der Waals surface area contributed by atoms with E-state index >= 15 is 0 Å². The van der Waals surface area contributed by atoms with Crippen molar-refractivity contribution in [3.63, 3.8) is 0 Å². The summed E-state index contributed by atoms with van der Waals surface area (Å²) in [5, 5.41) is 3.34. The van der Waals surface area contributed by atoms with Crippen molar-refractivity contribution >= 4 is 21.6 Å². The van der Waals surface area contributed by atoms with Gasteiger partial charge in [0.1, 0.15) is 5.76 Å². The Morgan fingerprint density at radius 3 is 2.22 bits per heavy atom. The van der Waals surface area contributed by atoms with E-state index in [0.717, 1.165) is 16.1 Å². The lowest BCUT2D eigenvalue weighted by atomic mass is 9.87. The van der Waals surface area contributed by atoms with Crippen LogP contribution in [0.3, 0.4) is 0 Å². The van der Waals surface area contributed by atoms with Crippen molar-refractivity contribution in [2.75, 3.05) is 5.32 Å². The Morgan fingerprint density at radius 2 is 1.72 bits per heavy atom. The first-order chi connectivity index (χ1) is 8.45. The topological polar surface area (TPSA) is 25.2 Å². The van der Waals surface area contributed by atoms with Crippen molar-refractivity contribution in [2.45, 2.75) is 32.7 Å². The van der Waals surface area contributed by atoms with E-state index in [1.165, 1.54) is 5.56 Å². The molecule has 0 saturated carbocycles. The van der Waals surface area contributed by atoms with Crippen molar-refractivity contribution < 1.29 is 4.42 Å². The molecule has 0 radical (unpaired) electrons. The maximum absolute atomic E-state index is 5.44. The summed E-state index contributed by atoms with van der Waals surface area (Å²) in [5.74, 6) is 0.918. The highest BCUT2D eigenvalue weighted by molar-refractivity contribution is 9.10. The summed E-state index contributed by atoms with van der Waals surface area (Å²) in [4.78, 5) is 0. The van der Waals surface area contributed by atoms with E-state index in [1.807, 2.05) is 12.1 Å². The molecule has 0 aliphatic carbocycles. The number of halogens is 1. The first-order valence-corrected chi connectivity index (χ1v) is 6.83. The molecule has 0 unspecified atom stereocenters. The van der Waals surface area contributed by atoms with Crippen molar-refractivity contribution in [3.8, 4) is 0 Å². The van der Waals surface area contributed by atoms with Gasteiger partial charge in [0, 0.05) is 5.69 Å². The predicted molar refractivity (Wildman–Crippen MR) is 78.9 cm³/mol. The lowest BCUT2D eigenvalue weighted by Crippen LogP contribution is -2.10. The van der Waals surface area contributed by atoms with Crippen LogP contribution in [0, 0.1) is 0 Å². The van der Waals surface area contributed by atoms with Gasteiger partial charge in [-0.05, 0) is 51.2 Å². The molecule has 0 aliphatic rings. The Kier molecular flexibility index (Phi) is 3.81. The highest BCUT2D eigenvalue weighted by atomic mass is 79.9. The van der Waals surface area contributed by atoms with Crippen molar-refractivity contribution in [1.29, 1.82) is 0 Å². The third-order valence-corrected chi connectivity index (χ3v) is 3.27. The zero-order valence-corrected chi connectivity index (χ0v) is 12.5. The van der Waals surface area contributed by atoms with Crippen LogP contribution in [0.25, 0.3) is 0 Å². The van der Waals surface area contributed by atoms with Crippen LogP contribution in [-0.2, 0) is 12.0 Å². The van der Waals surface area contributed by atoms with Crippen molar-refractivity contribution in [3.05, 3.63) is 52.4 Å². The highest BCUT2D eigenvalue weighted by Gasteiger charge is 2.12. The van der Waals surface area contributed by atoms with Gasteiger partial charge in [-0.3, -0.25) is 0 Å². The van der Waals surface area contributed by atoms with Gasteiger partial charge in [0.2, 0.25) is 0 Å². The SMILES string of the molecule is CC(C)(C)c1ccc(NCc2ccc(Br)o2)cc1. The van der Waals surface area contributed by atoms with Crippen molar-refractivity contribution in [1.82, 2.24) is 0 Å². The molecule has 2 nitrogen and oxygen atoms in total. The molecule has 3 heteroatoms. The lowest BCUT2D eigenvalue weighted by molar-refractivity contribution is 0.495. The molecule has 0 bridgehead atoms.